The zero-order chi connectivity index (χ0) is 16.5. The van der Waals surface area contributed by atoms with Crippen LogP contribution in [0.5, 0.6) is 0 Å². The highest BCUT2D eigenvalue weighted by atomic mass is 19.4. The van der Waals surface area contributed by atoms with Crippen molar-refractivity contribution in [2.24, 2.45) is 5.41 Å². The summed E-state index contributed by atoms with van der Waals surface area (Å²) in [6.45, 7) is 2.06. The summed E-state index contributed by atoms with van der Waals surface area (Å²) >= 11 is 0. The lowest BCUT2D eigenvalue weighted by Crippen LogP contribution is -2.57. The number of aryl methyl sites for hydroxylation is 1. The van der Waals surface area contributed by atoms with Crippen LogP contribution in [0.15, 0.2) is 18.3 Å². The maximum atomic E-state index is 12.9. The monoisotopic (exact) mass is 314 g/mol. The van der Waals surface area contributed by atoms with Crippen LogP contribution in [0.4, 0.5) is 32.2 Å². The number of halogens is 6. The fraction of sp³-hybridized carbons (Fsp3) is 0.500. The first-order valence-electron chi connectivity index (χ1n) is 5.84. The summed E-state index contributed by atoms with van der Waals surface area (Å²) in [5.74, 6) is -2.53. The van der Waals surface area contributed by atoms with E-state index in [4.69, 9.17) is 0 Å². The minimum Gasteiger partial charge on any atom is -0.309 e. The van der Waals surface area contributed by atoms with Gasteiger partial charge in [0.05, 0.1) is 0 Å². The van der Waals surface area contributed by atoms with Crippen molar-refractivity contribution in [2.45, 2.75) is 32.6 Å². The van der Waals surface area contributed by atoms with Crippen LogP contribution in [0.3, 0.4) is 0 Å². The van der Waals surface area contributed by atoms with Crippen LogP contribution >= 0.6 is 0 Å². The van der Waals surface area contributed by atoms with Crippen LogP contribution in [0.1, 0.15) is 18.9 Å². The van der Waals surface area contributed by atoms with Crippen molar-refractivity contribution >= 4 is 11.7 Å². The SMILES string of the molecule is CCC(C(=O)Nc1ncccc1C)(C(F)(F)F)C(F)(F)F. The van der Waals surface area contributed by atoms with Crippen LogP contribution in [0, 0.1) is 12.3 Å². The normalized spacial score (nSPS) is 13.1. The average Bonchev–Trinajstić information content (AvgIpc) is 2.29. The van der Waals surface area contributed by atoms with Crippen molar-refractivity contribution in [1.29, 1.82) is 0 Å². The van der Waals surface area contributed by atoms with Gasteiger partial charge in [0.25, 0.3) is 0 Å². The predicted molar refractivity (Wildman–Crippen MR) is 62.4 cm³/mol. The first-order chi connectivity index (χ1) is 9.47. The van der Waals surface area contributed by atoms with Gasteiger partial charge in [0.15, 0.2) is 0 Å². The highest BCUT2D eigenvalue weighted by molar-refractivity contribution is 5.96. The number of amides is 1. The molecular weight excluding hydrogens is 302 g/mol. The molecule has 0 unspecified atom stereocenters. The maximum Gasteiger partial charge on any atom is 0.412 e. The topological polar surface area (TPSA) is 42.0 Å². The van der Waals surface area contributed by atoms with Gasteiger partial charge in [-0.05, 0) is 25.0 Å². The molecule has 0 aliphatic heterocycles. The standard InChI is InChI=1S/C12H12F6N2O/c1-3-10(11(13,14)15,12(16,17)18)9(21)20-8-7(2)5-4-6-19-8/h4-6H,3H2,1-2H3,(H,19,20,21). The molecule has 1 N–H and O–H groups in total. The number of hydrogen-bond donors (Lipinski definition) is 1. The van der Waals surface area contributed by atoms with E-state index in [-0.39, 0.29) is 11.4 Å². The van der Waals surface area contributed by atoms with E-state index in [1.807, 2.05) is 0 Å². The zero-order valence-corrected chi connectivity index (χ0v) is 11.1. The number of aromatic nitrogens is 1. The van der Waals surface area contributed by atoms with Crippen LogP contribution < -0.4 is 5.32 Å². The molecule has 0 radical (unpaired) electrons. The lowest BCUT2D eigenvalue weighted by Gasteiger charge is -2.34. The van der Waals surface area contributed by atoms with Crippen molar-refractivity contribution < 1.29 is 31.1 Å². The smallest absolute Gasteiger partial charge is 0.309 e. The second kappa shape index (κ2) is 5.53. The number of anilines is 1. The number of alkyl halides is 6. The largest absolute Gasteiger partial charge is 0.412 e. The quantitative estimate of drug-likeness (QED) is 0.861. The molecule has 1 rings (SSSR count). The van der Waals surface area contributed by atoms with Crippen molar-refractivity contribution in [3.8, 4) is 0 Å². The third-order valence-corrected chi connectivity index (χ3v) is 3.13. The van der Waals surface area contributed by atoms with Crippen molar-refractivity contribution in [1.82, 2.24) is 4.98 Å². The number of carbonyl (C=O) groups excluding carboxylic acids is 1. The van der Waals surface area contributed by atoms with Gasteiger partial charge in [-0.2, -0.15) is 26.3 Å². The fourth-order valence-corrected chi connectivity index (χ4v) is 1.81. The molecule has 118 valence electrons. The first-order valence-corrected chi connectivity index (χ1v) is 5.84. The molecule has 0 aliphatic rings. The molecule has 3 nitrogen and oxygen atoms in total. The molecule has 9 heteroatoms. The van der Waals surface area contributed by atoms with Gasteiger partial charge in [-0.15, -0.1) is 0 Å². The van der Waals surface area contributed by atoms with E-state index in [9.17, 15) is 31.1 Å². The Bertz CT molecular complexity index is 509. The highest BCUT2D eigenvalue weighted by Gasteiger charge is 2.74. The first kappa shape index (κ1) is 17.3. The zero-order valence-electron chi connectivity index (χ0n) is 11.1. The Morgan fingerprint density at radius 2 is 1.71 bits per heavy atom. The molecule has 0 aliphatic carbocycles. The minimum atomic E-state index is -5.77. The Morgan fingerprint density at radius 3 is 2.10 bits per heavy atom. The molecule has 0 fully saturated rings. The third-order valence-electron chi connectivity index (χ3n) is 3.13. The van der Waals surface area contributed by atoms with Gasteiger partial charge < -0.3 is 5.32 Å². The van der Waals surface area contributed by atoms with E-state index in [1.165, 1.54) is 19.1 Å². The lowest BCUT2D eigenvalue weighted by atomic mass is 9.82. The summed E-state index contributed by atoms with van der Waals surface area (Å²) < 4.78 is 77.5. The van der Waals surface area contributed by atoms with Crippen LogP contribution in [-0.2, 0) is 4.79 Å². The van der Waals surface area contributed by atoms with E-state index < -0.39 is 30.1 Å². The molecule has 0 bridgehead atoms. The molecule has 0 aromatic carbocycles. The van der Waals surface area contributed by atoms with Crippen molar-refractivity contribution in [3.63, 3.8) is 0 Å². The Hall–Kier alpha value is -1.80. The number of carbonyl (C=O) groups is 1. The van der Waals surface area contributed by atoms with E-state index in [0.717, 1.165) is 6.20 Å². The summed E-state index contributed by atoms with van der Waals surface area (Å²) in [6.07, 6.45) is -11.9. The van der Waals surface area contributed by atoms with Gasteiger partial charge in [0.1, 0.15) is 5.82 Å². The molecule has 1 aromatic rings. The van der Waals surface area contributed by atoms with Crippen LogP contribution in [0.25, 0.3) is 0 Å². The molecule has 0 spiro atoms. The fourth-order valence-electron chi connectivity index (χ4n) is 1.81. The number of rotatable bonds is 3. The highest BCUT2D eigenvalue weighted by Crippen LogP contribution is 2.53. The van der Waals surface area contributed by atoms with Gasteiger partial charge >= 0.3 is 12.4 Å². The average molecular weight is 314 g/mol. The Balaban J connectivity index is 3.29. The molecule has 1 aromatic heterocycles. The number of pyridine rings is 1. The van der Waals surface area contributed by atoms with E-state index >= 15 is 0 Å². The summed E-state index contributed by atoms with van der Waals surface area (Å²) in [7, 11) is 0. The Morgan fingerprint density at radius 1 is 1.19 bits per heavy atom. The maximum absolute atomic E-state index is 12.9. The van der Waals surface area contributed by atoms with Gasteiger partial charge in [-0.3, -0.25) is 4.79 Å². The number of hydrogen-bond acceptors (Lipinski definition) is 2. The van der Waals surface area contributed by atoms with E-state index in [0.29, 0.717) is 6.92 Å². The summed E-state index contributed by atoms with van der Waals surface area (Å²) in [4.78, 5) is 15.3. The van der Waals surface area contributed by atoms with Crippen molar-refractivity contribution in [3.05, 3.63) is 23.9 Å². The lowest BCUT2D eigenvalue weighted by molar-refractivity contribution is -0.324. The summed E-state index contributed by atoms with van der Waals surface area (Å²) in [5, 5.41) is 1.63. The molecule has 0 saturated carbocycles. The Labute approximate surface area is 116 Å². The van der Waals surface area contributed by atoms with E-state index in [1.54, 1.807) is 5.32 Å². The van der Waals surface area contributed by atoms with E-state index in [2.05, 4.69) is 4.98 Å². The van der Waals surface area contributed by atoms with Gasteiger partial charge in [0.2, 0.25) is 11.3 Å². The molecule has 0 atom stereocenters. The second-order valence-electron chi connectivity index (χ2n) is 4.38. The summed E-state index contributed by atoms with van der Waals surface area (Å²) in [5.41, 5.74) is -4.22. The molecule has 0 saturated heterocycles. The predicted octanol–water partition coefficient (Wildman–Crippen LogP) is 3.85. The summed E-state index contributed by atoms with van der Waals surface area (Å²) in [6, 6.07) is 2.84. The molecular formula is C12H12F6N2O. The van der Waals surface area contributed by atoms with Gasteiger partial charge in [0, 0.05) is 6.20 Å². The van der Waals surface area contributed by atoms with Gasteiger partial charge in [-0.25, -0.2) is 4.98 Å². The minimum absolute atomic E-state index is 0.250. The molecule has 1 amide bonds. The number of nitrogens with one attached hydrogen (secondary N) is 1. The second-order valence-corrected chi connectivity index (χ2v) is 4.38. The number of nitrogens with zero attached hydrogens (tertiary/aromatic N) is 1. The van der Waals surface area contributed by atoms with Crippen LogP contribution in [-0.4, -0.2) is 23.2 Å². The Kier molecular flexibility index (Phi) is 4.54. The molecule has 1 heterocycles. The third kappa shape index (κ3) is 2.96. The van der Waals surface area contributed by atoms with Gasteiger partial charge in [-0.1, -0.05) is 13.0 Å². The van der Waals surface area contributed by atoms with Crippen LogP contribution in [0.2, 0.25) is 0 Å². The van der Waals surface area contributed by atoms with Crippen molar-refractivity contribution in [2.75, 3.05) is 5.32 Å². The molecule has 21 heavy (non-hydrogen) atoms.